The van der Waals surface area contributed by atoms with E-state index in [1.165, 1.54) is 36.1 Å². The molecule has 1 heterocycles. The number of methoxy groups -OCH3 is 1. The van der Waals surface area contributed by atoms with E-state index in [-0.39, 0.29) is 23.8 Å². The van der Waals surface area contributed by atoms with Crippen molar-refractivity contribution in [2.45, 2.75) is 19.8 Å². The maximum absolute atomic E-state index is 12.3. The number of nitrogens with one attached hydrogen (secondary N) is 2. The lowest BCUT2D eigenvalue weighted by molar-refractivity contribution is -0.385. The number of nitro groups is 1. The Labute approximate surface area is 171 Å². The number of nitro benzene ring substituents is 1. The predicted octanol–water partition coefficient (Wildman–Crippen LogP) is 4.55. The molecule has 1 amide bonds. The Kier molecular flexibility index (Phi) is 6.40. The van der Waals surface area contributed by atoms with Crippen LogP contribution in [0.15, 0.2) is 47.8 Å². The number of nitrogens with zero attached hydrogens (tertiary/aromatic N) is 2. The highest BCUT2D eigenvalue weighted by Gasteiger charge is 2.16. The molecule has 9 heteroatoms. The van der Waals surface area contributed by atoms with Crippen molar-refractivity contribution in [3.63, 3.8) is 0 Å². The van der Waals surface area contributed by atoms with E-state index in [4.69, 9.17) is 4.74 Å². The maximum Gasteiger partial charge on any atom is 0.312 e. The van der Waals surface area contributed by atoms with E-state index in [1.54, 1.807) is 11.4 Å². The lowest BCUT2D eigenvalue weighted by atomic mass is 10.1. The number of anilines is 3. The van der Waals surface area contributed by atoms with Gasteiger partial charge in [0, 0.05) is 22.8 Å². The summed E-state index contributed by atoms with van der Waals surface area (Å²) in [5, 5.41) is 19.5. The third kappa shape index (κ3) is 5.29. The topological polar surface area (TPSA) is 106 Å². The Morgan fingerprint density at radius 2 is 1.93 bits per heavy atom. The lowest BCUT2D eigenvalue weighted by Gasteiger charge is -2.06. The van der Waals surface area contributed by atoms with E-state index in [1.807, 2.05) is 12.1 Å². The summed E-state index contributed by atoms with van der Waals surface area (Å²) in [6.07, 6.45) is 1.04. The highest BCUT2D eigenvalue weighted by molar-refractivity contribution is 7.13. The average Bonchev–Trinajstić information content (AvgIpc) is 3.15. The SMILES string of the molecule is CCc1ccc(Nc2nc(CC(=O)Nc3ccc(OC)c([N+](=O)[O-])c3)cs2)cc1. The van der Waals surface area contributed by atoms with E-state index < -0.39 is 4.92 Å². The van der Waals surface area contributed by atoms with Gasteiger partial charge < -0.3 is 15.4 Å². The van der Waals surface area contributed by atoms with Crippen LogP contribution in [0.4, 0.5) is 22.2 Å². The summed E-state index contributed by atoms with van der Waals surface area (Å²) in [4.78, 5) is 27.2. The number of benzene rings is 2. The smallest absolute Gasteiger partial charge is 0.312 e. The number of aromatic nitrogens is 1. The number of thiazole rings is 1. The molecule has 0 unspecified atom stereocenters. The van der Waals surface area contributed by atoms with Gasteiger partial charge in [0.05, 0.1) is 24.1 Å². The molecule has 150 valence electrons. The second kappa shape index (κ2) is 9.16. The van der Waals surface area contributed by atoms with Crippen LogP contribution < -0.4 is 15.4 Å². The van der Waals surface area contributed by atoms with Crippen molar-refractivity contribution >= 4 is 39.4 Å². The molecular weight excluding hydrogens is 392 g/mol. The fourth-order valence-corrected chi connectivity index (χ4v) is 3.40. The van der Waals surface area contributed by atoms with Crippen LogP contribution in [-0.4, -0.2) is 22.9 Å². The zero-order valence-corrected chi connectivity index (χ0v) is 16.8. The Morgan fingerprint density at radius 1 is 1.21 bits per heavy atom. The molecule has 2 aromatic carbocycles. The second-order valence-electron chi connectivity index (χ2n) is 6.19. The zero-order valence-electron chi connectivity index (χ0n) is 16.0. The minimum absolute atomic E-state index is 0.0623. The quantitative estimate of drug-likeness (QED) is 0.415. The minimum Gasteiger partial charge on any atom is -0.490 e. The van der Waals surface area contributed by atoms with Gasteiger partial charge in [-0.25, -0.2) is 4.98 Å². The summed E-state index contributed by atoms with van der Waals surface area (Å²) in [5.41, 5.74) is 2.92. The highest BCUT2D eigenvalue weighted by Crippen LogP contribution is 2.29. The molecule has 0 fully saturated rings. The fourth-order valence-electron chi connectivity index (χ4n) is 2.67. The Morgan fingerprint density at radius 3 is 2.59 bits per heavy atom. The largest absolute Gasteiger partial charge is 0.490 e. The molecule has 2 N–H and O–H groups in total. The standard InChI is InChI=1S/C20H20N4O4S/c1-3-13-4-6-14(7-5-13)22-20-23-16(12-29-20)11-19(25)21-15-8-9-18(28-2)17(10-15)24(26)27/h4-10,12H,3,11H2,1-2H3,(H,21,25)(H,22,23). The molecule has 0 bridgehead atoms. The van der Waals surface area contributed by atoms with Crippen molar-refractivity contribution in [1.82, 2.24) is 4.98 Å². The van der Waals surface area contributed by atoms with E-state index in [0.29, 0.717) is 16.5 Å². The molecule has 0 aliphatic rings. The van der Waals surface area contributed by atoms with Crippen molar-refractivity contribution in [1.29, 1.82) is 0 Å². The molecule has 0 aliphatic carbocycles. The molecule has 29 heavy (non-hydrogen) atoms. The third-order valence-corrected chi connectivity index (χ3v) is 4.97. The third-order valence-electron chi connectivity index (χ3n) is 4.17. The van der Waals surface area contributed by atoms with Crippen molar-refractivity contribution < 1.29 is 14.5 Å². The first kappa shape index (κ1) is 20.3. The molecule has 0 saturated heterocycles. The molecule has 0 saturated carbocycles. The molecule has 8 nitrogen and oxygen atoms in total. The van der Waals surface area contributed by atoms with Gasteiger partial charge >= 0.3 is 5.69 Å². The summed E-state index contributed by atoms with van der Waals surface area (Å²) < 4.78 is 4.96. The molecule has 0 aliphatic heterocycles. The summed E-state index contributed by atoms with van der Waals surface area (Å²) in [6.45, 7) is 2.10. The Balaban J connectivity index is 1.61. The fraction of sp³-hybridized carbons (Fsp3) is 0.200. The first-order valence-corrected chi connectivity index (χ1v) is 9.79. The number of hydrogen-bond acceptors (Lipinski definition) is 7. The molecule has 3 aromatic rings. The number of carbonyl (C=O) groups excluding carboxylic acids is 1. The van der Waals surface area contributed by atoms with Gasteiger partial charge in [0.2, 0.25) is 5.91 Å². The Hall–Kier alpha value is -3.46. The van der Waals surface area contributed by atoms with E-state index in [9.17, 15) is 14.9 Å². The van der Waals surface area contributed by atoms with Gasteiger partial charge in [-0.1, -0.05) is 19.1 Å². The maximum atomic E-state index is 12.3. The van der Waals surface area contributed by atoms with Gasteiger partial charge in [0.15, 0.2) is 10.9 Å². The van der Waals surface area contributed by atoms with Crippen molar-refractivity contribution in [2.75, 3.05) is 17.7 Å². The zero-order chi connectivity index (χ0) is 20.8. The van der Waals surface area contributed by atoms with Gasteiger partial charge in [-0.2, -0.15) is 0 Å². The molecule has 0 spiro atoms. The molecular formula is C20H20N4O4S. The van der Waals surface area contributed by atoms with Crippen LogP contribution >= 0.6 is 11.3 Å². The summed E-state index contributed by atoms with van der Waals surface area (Å²) in [6, 6.07) is 12.4. The molecule has 0 radical (unpaired) electrons. The lowest BCUT2D eigenvalue weighted by Crippen LogP contribution is -2.14. The van der Waals surface area contributed by atoms with Crippen LogP contribution in [0.3, 0.4) is 0 Å². The first-order valence-electron chi connectivity index (χ1n) is 8.91. The van der Waals surface area contributed by atoms with Crippen LogP contribution in [0.5, 0.6) is 5.75 Å². The van der Waals surface area contributed by atoms with Crippen molar-refractivity contribution in [3.8, 4) is 5.75 Å². The number of ether oxygens (including phenoxy) is 1. The van der Waals surface area contributed by atoms with Crippen LogP contribution in [0, 0.1) is 10.1 Å². The number of aryl methyl sites for hydroxylation is 1. The molecule has 3 rings (SSSR count). The minimum atomic E-state index is -0.556. The highest BCUT2D eigenvalue weighted by atomic mass is 32.1. The van der Waals surface area contributed by atoms with Gasteiger partial charge in [0.1, 0.15) is 0 Å². The Bertz CT molecular complexity index is 1020. The summed E-state index contributed by atoms with van der Waals surface area (Å²) in [7, 11) is 1.35. The van der Waals surface area contributed by atoms with Crippen LogP contribution in [0.2, 0.25) is 0 Å². The average molecular weight is 412 g/mol. The summed E-state index contributed by atoms with van der Waals surface area (Å²) in [5.74, 6) is -0.177. The normalized spacial score (nSPS) is 10.4. The predicted molar refractivity (Wildman–Crippen MR) is 113 cm³/mol. The number of amides is 1. The van der Waals surface area contributed by atoms with Gasteiger partial charge in [0.25, 0.3) is 0 Å². The number of carbonyl (C=O) groups is 1. The van der Waals surface area contributed by atoms with Crippen LogP contribution in [0.1, 0.15) is 18.2 Å². The van der Waals surface area contributed by atoms with Gasteiger partial charge in [-0.3, -0.25) is 14.9 Å². The van der Waals surface area contributed by atoms with E-state index in [0.717, 1.165) is 12.1 Å². The monoisotopic (exact) mass is 412 g/mol. The van der Waals surface area contributed by atoms with Crippen LogP contribution in [0.25, 0.3) is 0 Å². The van der Waals surface area contributed by atoms with Crippen molar-refractivity contribution in [2.24, 2.45) is 0 Å². The van der Waals surface area contributed by atoms with Gasteiger partial charge in [-0.05, 0) is 36.2 Å². The summed E-state index contributed by atoms with van der Waals surface area (Å²) >= 11 is 1.41. The van der Waals surface area contributed by atoms with Crippen LogP contribution in [-0.2, 0) is 17.6 Å². The second-order valence-corrected chi connectivity index (χ2v) is 7.05. The number of rotatable bonds is 8. The van der Waals surface area contributed by atoms with Crippen molar-refractivity contribution in [3.05, 3.63) is 69.2 Å². The van der Waals surface area contributed by atoms with Gasteiger partial charge in [-0.15, -0.1) is 11.3 Å². The molecule has 0 atom stereocenters. The first-order chi connectivity index (χ1) is 14.0. The van der Waals surface area contributed by atoms with E-state index >= 15 is 0 Å². The van der Waals surface area contributed by atoms with E-state index in [2.05, 4.69) is 34.7 Å². The molecule has 1 aromatic heterocycles. The number of hydrogen-bond donors (Lipinski definition) is 2.